The minimum Gasteiger partial charge on any atom is -0.379 e. The Morgan fingerprint density at radius 2 is 1.23 bits per heavy atom. The first-order valence-electron chi connectivity index (χ1n) is 11.0. The maximum Gasteiger partial charge on any atom is 0.278 e. The van der Waals surface area contributed by atoms with Gasteiger partial charge in [0.1, 0.15) is 6.61 Å². The zero-order valence-corrected chi connectivity index (χ0v) is 19.9. The molecule has 0 aliphatic carbocycles. The van der Waals surface area contributed by atoms with Crippen LogP contribution in [0.25, 0.3) is 0 Å². The van der Waals surface area contributed by atoms with Gasteiger partial charge < -0.3 is 29.6 Å². The lowest BCUT2D eigenvalue weighted by Gasteiger charge is -2.09. The first kappa shape index (κ1) is 29.1. The summed E-state index contributed by atoms with van der Waals surface area (Å²) in [5.41, 5.74) is 0. The summed E-state index contributed by atoms with van der Waals surface area (Å²) in [4.78, 5) is 22.5. The van der Waals surface area contributed by atoms with Gasteiger partial charge in [-0.25, -0.2) is 0 Å². The molecule has 0 atom stereocenters. The predicted octanol–water partition coefficient (Wildman–Crippen LogP) is 2.99. The van der Waals surface area contributed by atoms with Crippen LogP contribution in [0.4, 0.5) is 4.79 Å². The Bertz CT molecular complexity index is 413. The van der Waals surface area contributed by atoms with Gasteiger partial charge in [0, 0.05) is 26.3 Å². The maximum atomic E-state index is 11.5. The summed E-state index contributed by atoms with van der Waals surface area (Å²) in [6.45, 7) is 9.13. The minimum atomic E-state index is -0.0577. The van der Waals surface area contributed by atoms with Crippen LogP contribution in [0.15, 0.2) is 0 Å². The van der Waals surface area contributed by atoms with E-state index in [0.29, 0.717) is 39.6 Å². The van der Waals surface area contributed by atoms with Crippen LogP contribution in [0.2, 0.25) is 0 Å². The number of hydrogen-bond acceptors (Lipinski definition) is 7. The lowest BCUT2D eigenvalue weighted by atomic mass is 10.2. The average Bonchev–Trinajstić information content (AvgIpc) is 2.73. The predicted molar refractivity (Wildman–Crippen MR) is 121 cm³/mol. The molecular formula is C21H42N2O6S. The Kier molecular flexibility index (Phi) is 22.1. The molecule has 2 N–H and O–H groups in total. The van der Waals surface area contributed by atoms with E-state index in [1.807, 2.05) is 13.8 Å². The van der Waals surface area contributed by atoms with Crippen LogP contribution in [-0.4, -0.2) is 82.8 Å². The van der Waals surface area contributed by atoms with Crippen molar-refractivity contribution in [2.45, 2.75) is 58.5 Å². The van der Waals surface area contributed by atoms with E-state index in [-0.39, 0.29) is 23.9 Å². The van der Waals surface area contributed by atoms with Crippen molar-refractivity contribution in [3.05, 3.63) is 0 Å². The number of unbranched alkanes of at least 4 members (excludes halogenated alkanes) is 4. The molecule has 0 aliphatic heterocycles. The highest BCUT2D eigenvalue weighted by Gasteiger charge is 2.02. The van der Waals surface area contributed by atoms with E-state index in [9.17, 15) is 9.59 Å². The van der Waals surface area contributed by atoms with Crippen molar-refractivity contribution >= 4 is 22.9 Å². The van der Waals surface area contributed by atoms with E-state index in [4.69, 9.17) is 18.9 Å². The highest BCUT2D eigenvalue weighted by Crippen LogP contribution is 1.98. The van der Waals surface area contributed by atoms with Gasteiger partial charge in [0.15, 0.2) is 0 Å². The number of hydrogen-bond donors (Lipinski definition) is 2. The molecule has 0 spiro atoms. The smallest absolute Gasteiger partial charge is 0.278 e. The summed E-state index contributed by atoms with van der Waals surface area (Å²) in [7, 11) is 0. The first-order chi connectivity index (χ1) is 14.6. The van der Waals surface area contributed by atoms with Gasteiger partial charge in [0.2, 0.25) is 5.91 Å². The Morgan fingerprint density at radius 1 is 0.733 bits per heavy atom. The monoisotopic (exact) mass is 450 g/mol. The van der Waals surface area contributed by atoms with E-state index >= 15 is 0 Å². The standard InChI is InChI=1S/C21H42N2O6S/c1-19(2)29-18-20(24)22-10-6-4-8-12-26-14-16-28-17-15-27-13-9-5-7-11-23-21(25)30-3/h19H,4-18H2,1-3H3,(H,22,24)(H,23,25). The summed E-state index contributed by atoms with van der Waals surface area (Å²) in [5, 5.41) is 5.70. The Labute approximate surface area is 186 Å². The molecule has 8 nitrogen and oxygen atoms in total. The molecule has 0 bridgehead atoms. The molecule has 0 saturated heterocycles. The van der Waals surface area contributed by atoms with Crippen molar-refractivity contribution in [1.82, 2.24) is 10.6 Å². The quantitative estimate of drug-likeness (QED) is 0.260. The topological polar surface area (TPSA) is 95.1 Å². The van der Waals surface area contributed by atoms with Crippen LogP contribution in [0.3, 0.4) is 0 Å². The van der Waals surface area contributed by atoms with Crippen LogP contribution in [0, 0.1) is 0 Å². The molecule has 30 heavy (non-hydrogen) atoms. The molecule has 0 aromatic rings. The van der Waals surface area contributed by atoms with Crippen LogP contribution in [0.5, 0.6) is 0 Å². The molecule has 0 unspecified atom stereocenters. The first-order valence-corrected chi connectivity index (χ1v) is 12.2. The number of rotatable bonds is 21. The van der Waals surface area contributed by atoms with Gasteiger partial charge in [-0.2, -0.15) is 0 Å². The van der Waals surface area contributed by atoms with Crippen molar-refractivity contribution in [3.63, 3.8) is 0 Å². The van der Waals surface area contributed by atoms with E-state index < -0.39 is 0 Å². The van der Waals surface area contributed by atoms with Gasteiger partial charge in [-0.1, -0.05) is 11.8 Å². The lowest BCUT2D eigenvalue weighted by molar-refractivity contribution is -0.127. The number of thioether (sulfide) groups is 1. The van der Waals surface area contributed by atoms with E-state index in [1.165, 1.54) is 11.8 Å². The molecule has 0 heterocycles. The second-order valence-electron chi connectivity index (χ2n) is 7.09. The summed E-state index contributed by atoms with van der Waals surface area (Å²) in [5.74, 6) is -0.0577. The van der Waals surface area contributed by atoms with Crippen molar-refractivity contribution in [2.24, 2.45) is 0 Å². The van der Waals surface area contributed by atoms with Gasteiger partial charge in [-0.15, -0.1) is 0 Å². The van der Waals surface area contributed by atoms with Crippen LogP contribution >= 0.6 is 11.8 Å². The number of ether oxygens (including phenoxy) is 4. The number of nitrogens with one attached hydrogen (secondary N) is 2. The Balaban J connectivity index is 3.11. The highest BCUT2D eigenvalue weighted by atomic mass is 32.2. The largest absolute Gasteiger partial charge is 0.379 e. The molecule has 0 radical (unpaired) electrons. The SMILES string of the molecule is CSC(=O)NCCCCCOCCOCCOCCCCCNC(=O)COC(C)C. The number of carbonyl (C=O) groups excluding carboxylic acids is 2. The second-order valence-corrected chi connectivity index (χ2v) is 7.87. The third kappa shape index (κ3) is 23.4. The normalized spacial score (nSPS) is 11.1. The zero-order valence-electron chi connectivity index (χ0n) is 19.0. The van der Waals surface area contributed by atoms with Gasteiger partial charge >= 0.3 is 0 Å². The molecule has 178 valence electrons. The fourth-order valence-corrected chi connectivity index (χ4v) is 2.58. The van der Waals surface area contributed by atoms with Crippen molar-refractivity contribution in [1.29, 1.82) is 0 Å². The number of carbonyl (C=O) groups is 2. The van der Waals surface area contributed by atoms with E-state index in [0.717, 1.165) is 51.7 Å². The van der Waals surface area contributed by atoms with E-state index in [1.54, 1.807) is 6.26 Å². The minimum absolute atomic E-state index is 0.0289. The van der Waals surface area contributed by atoms with Crippen molar-refractivity contribution in [2.75, 3.05) is 65.6 Å². The summed E-state index contributed by atoms with van der Waals surface area (Å²) >= 11 is 1.20. The number of amides is 2. The van der Waals surface area contributed by atoms with Crippen LogP contribution in [-0.2, 0) is 23.7 Å². The lowest BCUT2D eigenvalue weighted by Crippen LogP contribution is -2.29. The maximum absolute atomic E-state index is 11.5. The van der Waals surface area contributed by atoms with Gasteiger partial charge in [-0.3, -0.25) is 9.59 Å². The zero-order chi connectivity index (χ0) is 22.3. The van der Waals surface area contributed by atoms with E-state index in [2.05, 4.69) is 10.6 Å². The third-order valence-corrected chi connectivity index (χ3v) is 4.51. The summed E-state index contributed by atoms with van der Waals surface area (Å²) in [6.07, 6.45) is 7.80. The third-order valence-electron chi connectivity index (χ3n) is 4.00. The fraction of sp³-hybridized carbons (Fsp3) is 0.905. The second kappa shape index (κ2) is 22.8. The molecule has 0 aliphatic rings. The molecule has 9 heteroatoms. The average molecular weight is 451 g/mol. The molecule has 0 aromatic carbocycles. The van der Waals surface area contributed by atoms with Crippen molar-refractivity contribution in [3.8, 4) is 0 Å². The fourth-order valence-electron chi connectivity index (χ4n) is 2.34. The van der Waals surface area contributed by atoms with Crippen LogP contribution in [0.1, 0.15) is 52.4 Å². The molecule has 0 fully saturated rings. The summed E-state index contributed by atoms with van der Waals surface area (Å²) < 4.78 is 21.7. The van der Waals surface area contributed by atoms with Gasteiger partial charge in [0.25, 0.3) is 5.24 Å². The Hall–Kier alpha value is -0.870. The van der Waals surface area contributed by atoms with Gasteiger partial charge in [-0.05, 0) is 58.6 Å². The summed E-state index contributed by atoms with van der Waals surface area (Å²) in [6, 6.07) is 0. The molecular weight excluding hydrogens is 408 g/mol. The highest BCUT2D eigenvalue weighted by molar-refractivity contribution is 8.12. The molecule has 0 saturated carbocycles. The van der Waals surface area contributed by atoms with Gasteiger partial charge in [0.05, 0.1) is 32.5 Å². The molecule has 0 aromatic heterocycles. The molecule has 2 amide bonds. The van der Waals surface area contributed by atoms with Crippen LogP contribution < -0.4 is 10.6 Å². The van der Waals surface area contributed by atoms with Crippen molar-refractivity contribution < 1.29 is 28.5 Å². The molecule has 0 rings (SSSR count). The Morgan fingerprint density at radius 3 is 1.73 bits per heavy atom.